The molecule has 1 N–H and O–H groups in total. The molecule has 2 fully saturated rings. The van der Waals surface area contributed by atoms with E-state index in [1.807, 2.05) is 0 Å². The highest BCUT2D eigenvalue weighted by Crippen LogP contribution is 2.29. The first-order valence-corrected chi connectivity index (χ1v) is 10.9. The van der Waals surface area contributed by atoms with E-state index in [1.54, 1.807) is 19.1 Å². The number of esters is 1. The van der Waals surface area contributed by atoms with E-state index in [0.29, 0.717) is 18.1 Å². The molecule has 5 nitrogen and oxygen atoms in total. The maximum Gasteiger partial charge on any atom is 0.309 e. The molecule has 1 amide bonds. The van der Waals surface area contributed by atoms with Crippen molar-refractivity contribution in [1.29, 1.82) is 0 Å². The molecule has 0 bridgehead atoms. The van der Waals surface area contributed by atoms with Gasteiger partial charge in [0.05, 0.1) is 5.92 Å². The molecule has 29 heavy (non-hydrogen) atoms. The van der Waals surface area contributed by atoms with E-state index in [1.165, 1.54) is 37.8 Å². The lowest BCUT2D eigenvalue weighted by molar-refractivity contribution is -0.155. The van der Waals surface area contributed by atoms with Crippen molar-refractivity contribution in [2.45, 2.75) is 76.9 Å². The number of carbonyl (C=O) groups is 2. The van der Waals surface area contributed by atoms with Crippen LogP contribution in [-0.2, 0) is 14.3 Å². The van der Waals surface area contributed by atoms with Crippen LogP contribution in [-0.4, -0.2) is 30.6 Å². The summed E-state index contributed by atoms with van der Waals surface area (Å²) in [5.74, 6) is 0.426. The van der Waals surface area contributed by atoms with Crippen molar-refractivity contribution in [3.8, 4) is 5.75 Å². The second-order valence-corrected chi connectivity index (χ2v) is 8.49. The van der Waals surface area contributed by atoms with Gasteiger partial charge in [-0.25, -0.2) is 4.39 Å². The standard InChI is InChI=1S/C23H32FNO4/c1-16(15-28-21-8-4-7-19(24)14-21)29-23(27)18-9-11-20(12-10-18)25-22(26)13-17-5-2-3-6-17/h4,7-8,14,16-18,20H,2-3,5-6,9-13,15H2,1H3,(H,25,26). The van der Waals surface area contributed by atoms with Crippen LogP contribution < -0.4 is 10.1 Å². The molecular weight excluding hydrogens is 373 g/mol. The highest BCUT2D eigenvalue weighted by atomic mass is 19.1. The van der Waals surface area contributed by atoms with Crippen LogP contribution in [0.5, 0.6) is 5.75 Å². The second-order valence-electron chi connectivity index (χ2n) is 8.49. The summed E-state index contributed by atoms with van der Waals surface area (Å²) in [6.07, 6.45) is 8.15. The number of benzene rings is 1. The molecule has 3 rings (SSSR count). The van der Waals surface area contributed by atoms with Gasteiger partial charge < -0.3 is 14.8 Å². The van der Waals surface area contributed by atoms with Gasteiger partial charge in [-0.3, -0.25) is 9.59 Å². The molecule has 2 aliphatic rings. The summed E-state index contributed by atoms with van der Waals surface area (Å²) in [4.78, 5) is 24.6. The average molecular weight is 406 g/mol. The normalized spacial score (nSPS) is 23.4. The molecule has 1 aromatic rings. The van der Waals surface area contributed by atoms with Gasteiger partial charge in [-0.2, -0.15) is 0 Å². The van der Waals surface area contributed by atoms with E-state index >= 15 is 0 Å². The third-order valence-corrected chi connectivity index (χ3v) is 5.97. The van der Waals surface area contributed by atoms with E-state index in [9.17, 15) is 14.0 Å². The van der Waals surface area contributed by atoms with Gasteiger partial charge in [0.15, 0.2) is 0 Å². The molecule has 0 saturated heterocycles. The zero-order chi connectivity index (χ0) is 20.6. The number of carbonyl (C=O) groups excluding carboxylic acids is 2. The highest BCUT2D eigenvalue weighted by Gasteiger charge is 2.29. The van der Waals surface area contributed by atoms with Crippen LogP contribution in [0.1, 0.15) is 64.7 Å². The maximum absolute atomic E-state index is 13.2. The minimum Gasteiger partial charge on any atom is -0.490 e. The summed E-state index contributed by atoms with van der Waals surface area (Å²) < 4.78 is 24.2. The summed E-state index contributed by atoms with van der Waals surface area (Å²) in [7, 11) is 0. The number of hydrogen-bond acceptors (Lipinski definition) is 4. The van der Waals surface area contributed by atoms with Gasteiger partial charge in [0.1, 0.15) is 24.3 Å². The Morgan fingerprint density at radius 2 is 1.86 bits per heavy atom. The third kappa shape index (κ3) is 7.02. The molecule has 0 aliphatic heterocycles. The van der Waals surface area contributed by atoms with Crippen molar-refractivity contribution < 1.29 is 23.5 Å². The molecule has 0 aromatic heterocycles. The SMILES string of the molecule is CC(COc1cccc(F)c1)OC(=O)C1CCC(NC(=O)CC2CCCC2)CC1. The van der Waals surface area contributed by atoms with Gasteiger partial charge >= 0.3 is 5.97 Å². The van der Waals surface area contributed by atoms with Crippen molar-refractivity contribution in [2.75, 3.05) is 6.61 Å². The average Bonchev–Trinajstić information content (AvgIpc) is 3.20. The summed E-state index contributed by atoms with van der Waals surface area (Å²) in [6.45, 7) is 1.95. The molecule has 2 saturated carbocycles. The van der Waals surface area contributed by atoms with Gasteiger partial charge in [-0.05, 0) is 63.5 Å². The molecule has 6 heteroatoms. The first-order valence-electron chi connectivity index (χ1n) is 10.9. The van der Waals surface area contributed by atoms with E-state index in [2.05, 4.69) is 5.32 Å². The van der Waals surface area contributed by atoms with Crippen molar-refractivity contribution >= 4 is 11.9 Å². The first-order chi connectivity index (χ1) is 14.0. The van der Waals surface area contributed by atoms with Crippen molar-refractivity contribution in [3.63, 3.8) is 0 Å². The highest BCUT2D eigenvalue weighted by molar-refractivity contribution is 5.76. The fraction of sp³-hybridized carbons (Fsp3) is 0.652. The Bertz CT molecular complexity index is 681. The zero-order valence-corrected chi connectivity index (χ0v) is 17.2. The monoisotopic (exact) mass is 405 g/mol. The molecule has 160 valence electrons. The molecule has 0 spiro atoms. The first kappa shape index (κ1) is 21.6. The van der Waals surface area contributed by atoms with Crippen LogP contribution >= 0.6 is 0 Å². The quantitative estimate of drug-likeness (QED) is 0.652. The second kappa shape index (κ2) is 10.6. The van der Waals surface area contributed by atoms with Crippen LogP contribution in [0, 0.1) is 17.7 Å². The van der Waals surface area contributed by atoms with Crippen LogP contribution in [0.25, 0.3) is 0 Å². The van der Waals surface area contributed by atoms with Crippen LogP contribution in [0.3, 0.4) is 0 Å². The van der Waals surface area contributed by atoms with Crippen molar-refractivity contribution in [3.05, 3.63) is 30.1 Å². The Kier molecular flexibility index (Phi) is 7.90. The van der Waals surface area contributed by atoms with Gasteiger partial charge in [-0.1, -0.05) is 18.9 Å². The topological polar surface area (TPSA) is 64.6 Å². The van der Waals surface area contributed by atoms with Gasteiger partial charge in [0, 0.05) is 18.5 Å². The third-order valence-electron chi connectivity index (χ3n) is 5.97. The maximum atomic E-state index is 13.2. The van der Waals surface area contributed by atoms with E-state index < -0.39 is 6.10 Å². The number of rotatable bonds is 8. The lowest BCUT2D eigenvalue weighted by atomic mass is 9.86. The molecule has 1 atom stereocenters. The Morgan fingerprint density at radius 3 is 2.55 bits per heavy atom. The lowest BCUT2D eigenvalue weighted by Crippen LogP contribution is -2.40. The summed E-state index contributed by atoms with van der Waals surface area (Å²) in [5.41, 5.74) is 0. The van der Waals surface area contributed by atoms with Crippen molar-refractivity contribution in [1.82, 2.24) is 5.32 Å². The predicted octanol–water partition coefficient (Wildman–Crippen LogP) is 4.39. The molecule has 1 aromatic carbocycles. The lowest BCUT2D eigenvalue weighted by Gasteiger charge is -2.29. The Balaban J connectivity index is 1.33. The fourth-order valence-electron chi connectivity index (χ4n) is 4.34. The predicted molar refractivity (Wildman–Crippen MR) is 108 cm³/mol. The van der Waals surface area contributed by atoms with Crippen LogP contribution in [0.2, 0.25) is 0 Å². The minimum atomic E-state index is -0.408. The number of hydrogen-bond donors (Lipinski definition) is 1. The Morgan fingerprint density at radius 1 is 1.14 bits per heavy atom. The minimum absolute atomic E-state index is 0.130. The van der Waals surface area contributed by atoms with E-state index in [0.717, 1.165) is 25.7 Å². The summed E-state index contributed by atoms with van der Waals surface area (Å²) in [5, 5.41) is 3.15. The zero-order valence-electron chi connectivity index (χ0n) is 17.2. The number of halogens is 1. The molecular formula is C23H32FNO4. The van der Waals surface area contributed by atoms with Gasteiger partial charge in [0.2, 0.25) is 5.91 Å². The molecule has 0 radical (unpaired) electrons. The summed E-state index contributed by atoms with van der Waals surface area (Å²) in [6, 6.07) is 6.06. The number of ether oxygens (including phenoxy) is 2. The van der Waals surface area contributed by atoms with Gasteiger partial charge in [-0.15, -0.1) is 0 Å². The Hall–Kier alpha value is -2.11. The van der Waals surface area contributed by atoms with Crippen LogP contribution in [0.15, 0.2) is 24.3 Å². The van der Waals surface area contributed by atoms with Crippen molar-refractivity contribution in [2.24, 2.45) is 11.8 Å². The largest absolute Gasteiger partial charge is 0.490 e. The Labute approximate surface area is 172 Å². The fourth-order valence-corrected chi connectivity index (χ4v) is 4.34. The van der Waals surface area contributed by atoms with Gasteiger partial charge in [0.25, 0.3) is 0 Å². The number of amides is 1. The number of nitrogens with one attached hydrogen (secondary N) is 1. The van der Waals surface area contributed by atoms with E-state index in [4.69, 9.17) is 9.47 Å². The molecule has 0 heterocycles. The summed E-state index contributed by atoms with van der Waals surface area (Å²) >= 11 is 0. The molecule has 1 unspecified atom stereocenters. The van der Waals surface area contributed by atoms with Crippen LogP contribution in [0.4, 0.5) is 4.39 Å². The van der Waals surface area contributed by atoms with E-state index in [-0.39, 0.29) is 36.3 Å². The smallest absolute Gasteiger partial charge is 0.309 e. The molecule has 2 aliphatic carbocycles.